The van der Waals surface area contributed by atoms with E-state index < -0.39 is 0 Å². The molecule has 0 aliphatic heterocycles. The van der Waals surface area contributed by atoms with Gasteiger partial charge in [-0.2, -0.15) is 5.10 Å². The average Bonchev–Trinajstić information content (AvgIpc) is 3.33. The molecule has 1 heterocycles. The van der Waals surface area contributed by atoms with E-state index in [9.17, 15) is 4.79 Å². The van der Waals surface area contributed by atoms with Gasteiger partial charge in [-0.15, -0.1) is 0 Å². The SMILES string of the molecule is COc1ccc(OC)c(C(=O)Nc2c(C)cnn2CC2CC2)c1. The summed E-state index contributed by atoms with van der Waals surface area (Å²) in [5.74, 6) is 2.30. The second kappa shape index (κ2) is 6.32. The van der Waals surface area contributed by atoms with Gasteiger partial charge in [0.25, 0.3) is 5.91 Å². The van der Waals surface area contributed by atoms with Gasteiger partial charge >= 0.3 is 0 Å². The van der Waals surface area contributed by atoms with E-state index in [1.807, 2.05) is 11.6 Å². The predicted molar refractivity (Wildman–Crippen MR) is 87.2 cm³/mol. The summed E-state index contributed by atoms with van der Waals surface area (Å²) >= 11 is 0. The number of benzene rings is 1. The number of hydrogen-bond donors (Lipinski definition) is 1. The summed E-state index contributed by atoms with van der Waals surface area (Å²) in [6.07, 6.45) is 4.24. The summed E-state index contributed by atoms with van der Waals surface area (Å²) < 4.78 is 12.3. The van der Waals surface area contributed by atoms with Crippen LogP contribution >= 0.6 is 0 Å². The fourth-order valence-corrected chi connectivity index (χ4v) is 2.49. The molecule has 1 aliphatic carbocycles. The molecule has 1 aliphatic rings. The molecule has 1 aromatic carbocycles. The highest BCUT2D eigenvalue weighted by molar-refractivity contribution is 6.06. The lowest BCUT2D eigenvalue weighted by Gasteiger charge is -2.13. The first kappa shape index (κ1) is 15.4. The number of nitrogens with zero attached hydrogens (tertiary/aromatic N) is 2. The van der Waals surface area contributed by atoms with Crippen LogP contribution in [0.3, 0.4) is 0 Å². The molecular weight excluding hydrogens is 294 g/mol. The molecule has 6 nitrogen and oxygen atoms in total. The first-order valence-electron chi connectivity index (χ1n) is 7.68. The molecule has 1 fully saturated rings. The molecule has 6 heteroatoms. The number of rotatable bonds is 6. The minimum atomic E-state index is -0.235. The van der Waals surface area contributed by atoms with E-state index >= 15 is 0 Å². The number of aromatic nitrogens is 2. The van der Waals surface area contributed by atoms with Crippen LogP contribution in [0.25, 0.3) is 0 Å². The molecule has 1 N–H and O–H groups in total. The molecule has 1 saturated carbocycles. The second-order valence-corrected chi connectivity index (χ2v) is 5.82. The molecule has 0 spiro atoms. The monoisotopic (exact) mass is 315 g/mol. The summed E-state index contributed by atoms with van der Waals surface area (Å²) in [5, 5.41) is 7.33. The van der Waals surface area contributed by atoms with Gasteiger partial charge in [-0.3, -0.25) is 4.79 Å². The Morgan fingerprint density at radius 2 is 2.13 bits per heavy atom. The summed E-state index contributed by atoms with van der Waals surface area (Å²) in [6, 6.07) is 5.16. The Morgan fingerprint density at radius 1 is 1.35 bits per heavy atom. The van der Waals surface area contributed by atoms with E-state index in [1.165, 1.54) is 12.8 Å². The number of nitrogens with one attached hydrogen (secondary N) is 1. The number of amides is 1. The van der Waals surface area contributed by atoms with Crippen molar-refractivity contribution >= 4 is 11.7 Å². The van der Waals surface area contributed by atoms with Crippen molar-refractivity contribution < 1.29 is 14.3 Å². The topological polar surface area (TPSA) is 65.4 Å². The van der Waals surface area contributed by atoms with E-state index in [-0.39, 0.29) is 5.91 Å². The molecule has 3 rings (SSSR count). The van der Waals surface area contributed by atoms with Crippen LogP contribution in [0.5, 0.6) is 11.5 Å². The normalized spacial score (nSPS) is 13.7. The van der Waals surface area contributed by atoms with Gasteiger partial charge < -0.3 is 14.8 Å². The number of anilines is 1. The maximum atomic E-state index is 12.7. The lowest BCUT2D eigenvalue weighted by atomic mass is 10.1. The van der Waals surface area contributed by atoms with E-state index in [0.29, 0.717) is 23.0 Å². The first-order chi connectivity index (χ1) is 11.1. The van der Waals surface area contributed by atoms with Gasteiger partial charge in [-0.1, -0.05) is 0 Å². The zero-order valence-electron chi connectivity index (χ0n) is 13.6. The number of methoxy groups -OCH3 is 2. The van der Waals surface area contributed by atoms with Gasteiger partial charge in [0.1, 0.15) is 17.3 Å². The van der Waals surface area contributed by atoms with Crippen LogP contribution in [0.1, 0.15) is 28.8 Å². The van der Waals surface area contributed by atoms with Gasteiger partial charge in [0.2, 0.25) is 0 Å². The molecule has 122 valence electrons. The van der Waals surface area contributed by atoms with Crippen molar-refractivity contribution in [3.63, 3.8) is 0 Å². The third-order valence-electron chi connectivity index (χ3n) is 4.03. The lowest BCUT2D eigenvalue weighted by Crippen LogP contribution is -2.18. The Morgan fingerprint density at radius 3 is 2.78 bits per heavy atom. The van der Waals surface area contributed by atoms with Crippen molar-refractivity contribution in [1.82, 2.24) is 9.78 Å². The van der Waals surface area contributed by atoms with Crippen LogP contribution in [-0.2, 0) is 6.54 Å². The summed E-state index contributed by atoms with van der Waals surface area (Å²) in [4.78, 5) is 12.7. The Bertz CT molecular complexity index is 720. The number of carbonyl (C=O) groups excluding carboxylic acids is 1. The van der Waals surface area contributed by atoms with Crippen molar-refractivity contribution in [2.24, 2.45) is 5.92 Å². The molecular formula is C17H21N3O3. The third-order valence-corrected chi connectivity index (χ3v) is 4.03. The van der Waals surface area contributed by atoms with Crippen LogP contribution in [0.15, 0.2) is 24.4 Å². The van der Waals surface area contributed by atoms with Crippen LogP contribution in [0.4, 0.5) is 5.82 Å². The summed E-state index contributed by atoms with van der Waals surface area (Å²) in [6.45, 7) is 2.79. The smallest absolute Gasteiger partial charge is 0.260 e. The van der Waals surface area contributed by atoms with Crippen molar-refractivity contribution in [3.8, 4) is 11.5 Å². The van der Waals surface area contributed by atoms with Crippen molar-refractivity contribution in [3.05, 3.63) is 35.5 Å². The van der Waals surface area contributed by atoms with Crippen LogP contribution in [-0.4, -0.2) is 29.9 Å². The molecule has 0 unspecified atom stereocenters. The van der Waals surface area contributed by atoms with E-state index in [1.54, 1.807) is 38.6 Å². The van der Waals surface area contributed by atoms with Gasteiger partial charge in [0, 0.05) is 12.1 Å². The van der Waals surface area contributed by atoms with Crippen LogP contribution < -0.4 is 14.8 Å². The molecule has 2 aromatic rings. The number of carbonyl (C=O) groups is 1. The first-order valence-corrected chi connectivity index (χ1v) is 7.68. The minimum absolute atomic E-state index is 0.235. The van der Waals surface area contributed by atoms with Gasteiger partial charge in [-0.25, -0.2) is 4.68 Å². The fraction of sp³-hybridized carbons (Fsp3) is 0.412. The number of hydrogen-bond acceptors (Lipinski definition) is 4. The van der Waals surface area contributed by atoms with Crippen molar-refractivity contribution in [1.29, 1.82) is 0 Å². The fourth-order valence-electron chi connectivity index (χ4n) is 2.49. The Balaban J connectivity index is 1.85. The van der Waals surface area contributed by atoms with Crippen LogP contribution in [0.2, 0.25) is 0 Å². The maximum absolute atomic E-state index is 12.7. The van der Waals surface area contributed by atoms with Gasteiger partial charge in [0.05, 0.1) is 26.0 Å². The standard InChI is InChI=1S/C17H21N3O3/c1-11-9-18-20(10-12-4-5-12)16(11)19-17(21)14-8-13(22-2)6-7-15(14)23-3/h6-9,12H,4-5,10H2,1-3H3,(H,19,21). The molecule has 1 aromatic heterocycles. The highest BCUT2D eigenvalue weighted by atomic mass is 16.5. The third kappa shape index (κ3) is 3.31. The maximum Gasteiger partial charge on any atom is 0.260 e. The van der Waals surface area contributed by atoms with Gasteiger partial charge in [-0.05, 0) is 43.9 Å². The lowest BCUT2D eigenvalue weighted by molar-refractivity contribution is 0.102. The quantitative estimate of drug-likeness (QED) is 0.890. The van der Waals surface area contributed by atoms with Crippen molar-refractivity contribution in [2.45, 2.75) is 26.3 Å². The molecule has 0 radical (unpaired) electrons. The average molecular weight is 315 g/mol. The predicted octanol–water partition coefficient (Wildman–Crippen LogP) is 2.87. The zero-order valence-corrected chi connectivity index (χ0v) is 13.6. The Hall–Kier alpha value is -2.50. The van der Waals surface area contributed by atoms with Crippen LogP contribution in [0, 0.1) is 12.8 Å². The summed E-state index contributed by atoms with van der Waals surface area (Å²) in [7, 11) is 3.11. The molecule has 23 heavy (non-hydrogen) atoms. The summed E-state index contributed by atoms with van der Waals surface area (Å²) in [5.41, 5.74) is 1.38. The molecule has 0 bridgehead atoms. The zero-order chi connectivity index (χ0) is 16.4. The molecule has 0 saturated heterocycles. The minimum Gasteiger partial charge on any atom is -0.497 e. The molecule has 1 amide bonds. The van der Waals surface area contributed by atoms with E-state index in [4.69, 9.17) is 9.47 Å². The largest absolute Gasteiger partial charge is 0.497 e. The van der Waals surface area contributed by atoms with E-state index in [0.717, 1.165) is 17.9 Å². The number of ether oxygens (including phenoxy) is 2. The van der Waals surface area contributed by atoms with Gasteiger partial charge in [0.15, 0.2) is 0 Å². The number of aryl methyl sites for hydroxylation is 1. The van der Waals surface area contributed by atoms with E-state index in [2.05, 4.69) is 10.4 Å². The highest BCUT2D eigenvalue weighted by Gasteiger charge is 2.24. The Labute approximate surface area is 135 Å². The van der Waals surface area contributed by atoms with Crippen molar-refractivity contribution in [2.75, 3.05) is 19.5 Å². The molecule has 0 atom stereocenters. The highest BCUT2D eigenvalue weighted by Crippen LogP contribution is 2.32. The second-order valence-electron chi connectivity index (χ2n) is 5.82. The Kier molecular flexibility index (Phi) is 4.23.